The Labute approximate surface area is 153 Å². The fourth-order valence-electron chi connectivity index (χ4n) is 2.21. The monoisotopic (exact) mass is 395 g/mol. The molecule has 0 aliphatic heterocycles. The molecule has 0 amide bonds. The normalized spacial score (nSPS) is 11.5. The second kappa shape index (κ2) is 7.40. The number of esters is 1. The second-order valence-corrected chi connectivity index (χ2v) is 7.94. The van der Waals surface area contributed by atoms with Crippen molar-refractivity contribution in [3.05, 3.63) is 59.2 Å². The topological polar surface area (TPSA) is 95.7 Å². The maximum atomic E-state index is 13.2. The van der Waals surface area contributed by atoms with Gasteiger partial charge in [-0.25, -0.2) is 22.7 Å². The van der Waals surface area contributed by atoms with Gasteiger partial charge in [0, 0.05) is 4.70 Å². The van der Waals surface area contributed by atoms with Gasteiger partial charge >= 0.3 is 5.97 Å². The summed E-state index contributed by atoms with van der Waals surface area (Å²) in [5, 5.41) is 5.65. The number of benzene rings is 2. The van der Waals surface area contributed by atoms with Gasteiger partial charge in [0.25, 0.3) is 0 Å². The van der Waals surface area contributed by atoms with E-state index in [-0.39, 0.29) is 23.9 Å². The predicted octanol–water partition coefficient (Wildman–Crippen LogP) is 2.92. The van der Waals surface area contributed by atoms with Crippen LogP contribution in [0.2, 0.25) is 0 Å². The zero-order valence-electron chi connectivity index (χ0n) is 13.3. The molecule has 0 saturated carbocycles. The summed E-state index contributed by atoms with van der Waals surface area (Å²) in [6, 6.07) is 11.5. The molecule has 0 spiro atoms. The van der Waals surface area contributed by atoms with E-state index in [9.17, 15) is 17.6 Å². The number of primary sulfonamides is 1. The van der Waals surface area contributed by atoms with E-state index in [0.29, 0.717) is 16.0 Å². The molecule has 2 aromatic carbocycles. The molecule has 136 valence electrons. The molecule has 0 fully saturated rings. The van der Waals surface area contributed by atoms with E-state index in [0.717, 1.165) is 4.70 Å². The third kappa shape index (κ3) is 4.37. The first-order valence-corrected chi connectivity index (χ1v) is 9.81. The fourth-order valence-corrected chi connectivity index (χ4v) is 3.66. The van der Waals surface area contributed by atoms with Crippen LogP contribution in [-0.4, -0.2) is 27.6 Å². The molecule has 3 rings (SSSR count). The minimum Gasteiger partial charge on any atom is -0.490 e. The van der Waals surface area contributed by atoms with Crippen molar-refractivity contribution in [2.24, 2.45) is 5.14 Å². The molecule has 2 N–H and O–H groups in total. The Bertz CT molecular complexity index is 1040. The molecule has 0 aliphatic carbocycles. The molecule has 9 heteroatoms. The van der Waals surface area contributed by atoms with Crippen molar-refractivity contribution in [2.45, 2.75) is 4.90 Å². The van der Waals surface area contributed by atoms with Gasteiger partial charge in [0.2, 0.25) is 10.0 Å². The Kier molecular flexibility index (Phi) is 5.21. The highest BCUT2D eigenvalue weighted by atomic mass is 32.2. The van der Waals surface area contributed by atoms with E-state index in [1.165, 1.54) is 47.7 Å². The van der Waals surface area contributed by atoms with Crippen LogP contribution >= 0.6 is 11.3 Å². The fraction of sp³-hybridized carbons (Fsp3) is 0.118. The van der Waals surface area contributed by atoms with Crippen molar-refractivity contribution >= 4 is 37.4 Å². The quantitative estimate of drug-likeness (QED) is 0.511. The average Bonchev–Trinajstić information content (AvgIpc) is 3.01. The van der Waals surface area contributed by atoms with E-state index >= 15 is 0 Å². The molecule has 0 aliphatic rings. The van der Waals surface area contributed by atoms with E-state index in [4.69, 9.17) is 14.6 Å². The molecule has 0 bridgehead atoms. The van der Waals surface area contributed by atoms with Crippen LogP contribution in [0.5, 0.6) is 5.75 Å². The molecule has 3 aromatic rings. The van der Waals surface area contributed by atoms with Crippen LogP contribution in [0.1, 0.15) is 9.67 Å². The zero-order chi connectivity index (χ0) is 18.7. The Balaban J connectivity index is 1.52. The lowest BCUT2D eigenvalue weighted by Crippen LogP contribution is -2.13. The summed E-state index contributed by atoms with van der Waals surface area (Å²) < 4.78 is 46.8. The Morgan fingerprint density at radius 3 is 2.50 bits per heavy atom. The van der Waals surface area contributed by atoms with Crippen LogP contribution < -0.4 is 9.88 Å². The summed E-state index contributed by atoms with van der Waals surface area (Å²) in [7, 11) is -3.75. The first kappa shape index (κ1) is 18.3. The number of hydrogen-bond donors (Lipinski definition) is 1. The molecule has 1 aromatic heterocycles. The Morgan fingerprint density at radius 2 is 1.81 bits per heavy atom. The maximum Gasteiger partial charge on any atom is 0.348 e. The smallest absolute Gasteiger partial charge is 0.348 e. The summed E-state index contributed by atoms with van der Waals surface area (Å²) in [6.07, 6.45) is 0. The van der Waals surface area contributed by atoms with Crippen LogP contribution in [0.3, 0.4) is 0 Å². The van der Waals surface area contributed by atoms with Crippen LogP contribution in [0.15, 0.2) is 53.4 Å². The van der Waals surface area contributed by atoms with Crippen molar-refractivity contribution in [2.75, 3.05) is 13.2 Å². The lowest BCUT2D eigenvalue weighted by atomic mass is 10.2. The number of carbonyl (C=O) groups is 1. The molecule has 26 heavy (non-hydrogen) atoms. The average molecular weight is 395 g/mol. The van der Waals surface area contributed by atoms with Crippen molar-refractivity contribution < 1.29 is 27.1 Å². The number of rotatable bonds is 6. The Morgan fingerprint density at radius 1 is 1.08 bits per heavy atom. The minimum atomic E-state index is -3.75. The highest BCUT2D eigenvalue weighted by molar-refractivity contribution is 7.89. The summed E-state index contributed by atoms with van der Waals surface area (Å²) in [5.74, 6) is -0.456. The molecule has 0 radical (unpaired) electrons. The zero-order valence-corrected chi connectivity index (χ0v) is 15.0. The third-order valence-electron chi connectivity index (χ3n) is 3.42. The summed E-state index contributed by atoms with van der Waals surface area (Å²) in [5.41, 5.74) is 0. The van der Waals surface area contributed by atoms with Gasteiger partial charge in [-0.05, 0) is 53.9 Å². The first-order valence-electron chi connectivity index (χ1n) is 7.45. The molecular weight excluding hydrogens is 381 g/mol. The van der Waals surface area contributed by atoms with Gasteiger partial charge < -0.3 is 9.47 Å². The number of hydrogen-bond acceptors (Lipinski definition) is 6. The van der Waals surface area contributed by atoms with Gasteiger partial charge in [-0.2, -0.15) is 0 Å². The standard InChI is InChI=1S/C17H14FNO5S2/c18-12-1-6-15-11(9-12)10-16(25-15)17(20)24-8-7-23-13-2-4-14(5-3-13)26(19,21)22/h1-6,9-10H,7-8H2,(H2,19,21,22). The van der Waals surface area contributed by atoms with Crippen molar-refractivity contribution in [1.82, 2.24) is 0 Å². The van der Waals surface area contributed by atoms with Crippen molar-refractivity contribution in [1.29, 1.82) is 0 Å². The number of nitrogens with two attached hydrogens (primary N) is 1. The van der Waals surface area contributed by atoms with E-state index in [1.807, 2.05) is 0 Å². The largest absolute Gasteiger partial charge is 0.490 e. The SMILES string of the molecule is NS(=O)(=O)c1ccc(OCCOC(=O)c2cc3cc(F)ccc3s2)cc1. The lowest BCUT2D eigenvalue weighted by molar-refractivity contribution is 0.0456. The maximum absolute atomic E-state index is 13.2. The molecule has 6 nitrogen and oxygen atoms in total. The minimum absolute atomic E-state index is 0.0123. The van der Waals surface area contributed by atoms with Gasteiger partial charge in [-0.3, -0.25) is 0 Å². The first-order chi connectivity index (χ1) is 12.3. The van der Waals surface area contributed by atoms with Gasteiger partial charge in [-0.15, -0.1) is 11.3 Å². The van der Waals surface area contributed by atoms with Crippen LogP contribution in [0, 0.1) is 5.82 Å². The highest BCUT2D eigenvalue weighted by Crippen LogP contribution is 2.26. The van der Waals surface area contributed by atoms with Gasteiger partial charge in [0.05, 0.1) is 4.90 Å². The Hall–Kier alpha value is -2.49. The van der Waals surface area contributed by atoms with Crippen LogP contribution in [-0.2, 0) is 14.8 Å². The molecule has 0 atom stereocenters. The molecule has 0 unspecified atom stereocenters. The van der Waals surface area contributed by atoms with Gasteiger partial charge in [0.15, 0.2) is 0 Å². The summed E-state index contributed by atoms with van der Waals surface area (Å²) in [4.78, 5) is 12.4. The second-order valence-electron chi connectivity index (χ2n) is 5.29. The number of thiophene rings is 1. The van der Waals surface area contributed by atoms with E-state index in [2.05, 4.69) is 0 Å². The van der Waals surface area contributed by atoms with E-state index < -0.39 is 16.0 Å². The highest BCUT2D eigenvalue weighted by Gasteiger charge is 2.12. The van der Waals surface area contributed by atoms with Crippen molar-refractivity contribution in [3.8, 4) is 5.75 Å². The molecular formula is C17H14FNO5S2. The lowest BCUT2D eigenvalue weighted by Gasteiger charge is -2.07. The van der Waals surface area contributed by atoms with Crippen molar-refractivity contribution in [3.63, 3.8) is 0 Å². The molecule has 0 saturated heterocycles. The number of carbonyl (C=O) groups excluding carboxylic acids is 1. The van der Waals surface area contributed by atoms with E-state index in [1.54, 1.807) is 12.1 Å². The van der Waals surface area contributed by atoms with Gasteiger partial charge in [0.1, 0.15) is 29.7 Å². The number of fused-ring (bicyclic) bond motifs is 1. The van der Waals surface area contributed by atoms with Crippen LogP contribution in [0.25, 0.3) is 10.1 Å². The van der Waals surface area contributed by atoms with Crippen LogP contribution in [0.4, 0.5) is 4.39 Å². The molecule has 1 heterocycles. The van der Waals surface area contributed by atoms with Gasteiger partial charge in [-0.1, -0.05) is 0 Å². The predicted molar refractivity (Wildman–Crippen MR) is 95.4 cm³/mol. The number of ether oxygens (including phenoxy) is 2. The third-order valence-corrected chi connectivity index (χ3v) is 5.44. The number of halogens is 1. The number of sulfonamides is 1. The summed E-state index contributed by atoms with van der Waals surface area (Å²) in [6.45, 7) is 0.109. The summed E-state index contributed by atoms with van der Waals surface area (Å²) >= 11 is 1.22.